The second kappa shape index (κ2) is 7.08. The van der Waals surface area contributed by atoms with Gasteiger partial charge in [0, 0.05) is 38.3 Å². The molecule has 0 radical (unpaired) electrons. The zero-order chi connectivity index (χ0) is 16.9. The molecule has 2 aromatic rings. The van der Waals surface area contributed by atoms with Crippen LogP contribution >= 0.6 is 0 Å². The maximum absolute atomic E-state index is 12.4. The molecule has 3 rings (SSSR count). The minimum atomic E-state index is -0.0996. The highest BCUT2D eigenvalue weighted by atomic mass is 16.5. The fourth-order valence-electron chi connectivity index (χ4n) is 2.75. The lowest BCUT2D eigenvalue weighted by Crippen LogP contribution is -2.41. The Kier molecular flexibility index (Phi) is 4.70. The molecule has 1 aliphatic rings. The summed E-state index contributed by atoms with van der Waals surface area (Å²) < 4.78 is 7.21. The van der Waals surface area contributed by atoms with E-state index < -0.39 is 0 Å². The third-order valence-corrected chi connectivity index (χ3v) is 3.96. The molecule has 1 amide bonds. The van der Waals surface area contributed by atoms with Crippen LogP contribution < -0.4 is 4.74 Å². The maximum atomic E-state index is 12.4. The number of pyridine rings is 1. The van der Waals surface area contributed by atoms with Crippen LogP contribution in [0.2, 0.25) is 0 Å². The average molecular weight is 326 g/mol. The van der Waals surface area contributed by atoms with Gasteiger partial charge in [-0.1, -0.05) is 5.21 Å². The lowest BCUT2D eigenvalue weighted by molar-refractivity contribution is 0.0625. The molecule has 1 atom stereocenters. The van der Waals surface area contributed by atoms with Gasteiger partial charge in [0.15, 0.2) is 5.69 Å². The maximum Gasteiger partial charge on any atom is 0.276 e. The van der Waals surface area contributed by atoms with Crippen LogP contribution in [0.15, 0.2) is 24.5 Å². The Bertz CT molecular complexity index is 766. The number of amides is 1. The van der Waals surface area contributed by atoms with Gasteiger partial charge in [-0.3, -0.25) is 9.48 Å². The molecule has 1 aliphatic heterocycles. The van der Waals surface area contributed by atoms with Gasteiger partial charge in [-0.2, -0.15) is 5.26 Å². The number of carbonyl (C=O) groups excluding carboxylic acids is 1. The third-order valence-electron chi connectivity index (χ3n) is 3.96. The number of ether oxygens (including phenoxy) is 1. The van der Waals surface area contributed by atoms with Crippen molar-refractivity contribution < 1.29 is 9.53 Å². The first-order valence-electron chi connectivity index (χ1n) is 7.80. The molecule has 1 fully saturated rings. The van der Waals surface area contributed by atoms with Gasteiger partial charge in [0.2, 0.25) is 5.88 Å². The van der Waals surface area contributed by atoms with Crippen LogP contribution in [0.25, 0.3) is 0 Å². The first-order chi connectivity index (χ1) is 11.7. The van der Waals surface area contributed by atoms with Gasteiger partial charge >= 0.3 is 0 Å². The first-order valence-corrected chi connectivity index (χ1v) is 7.80. The molecule has 1 unspecified atom stereocenters. The van der Waals surface area contributed by atoms with E-state index in [4.69, 9.17) is 10.00 Å². The first kappa shape index (κ1) is 15.9. The third kappa shape index (κ3) is 3.68. The Hall–Kier alpha value is -2.95. The molecule has 0 aliphatic carbocycles. The standard InChI is InChI=1S/C16H18N6O2/c1-21-10-14(19-20-21)16(23)22-6-2-3-13(9-22)11-24-15-7-12(8-17)4-5-18-15/h4-5,7,10,13H,2-3,6,9,11H2,1H3. The highest BCUT2D eigenvalue weighted by Gasteiger charge is 2.26. The van der Waals surface area contributed by atoms with Crippen molar-refractivity contribution in [2.75, 3.05) is 19.7 Å². The largest absolute Gasteiger partial charge is 0.477 e. The Morgan fingerprint density at radius 1 is 1.54 bits per heavy atom. The predicted molar refractivity (Wildman–Crippen MR) is 84.1 cm³/mol. The molecule has 0 N–H and O–H groups in total. The predicted octanol–water partition coefficient (Wildman–Crippen LogP) is 1.01. The van der Waals surface area contributed by atoms with Crippen LogP contribution in [0.4, 0.5) is 0 Å². The summed E-state index contributed by atoms with van der Waals surface area (Å²) in [7, 11) is 1.74. The van der Waals surface area contributed by atoms with Gasteiger partial charge in [-0.25, -0.2) is 4.98 Å². The number of carbonyl (C=O) groups is 1. The van der Waals surface area contributed by atoms with Crippen molar-refractivity contribution in [2.45, 2.75) is 12.8 Å². The van der Waals surface area contributed by atoms with Gasteiger partial charge in [-0.15, -0.1) is 5.10 Å². The number of hydrogen-bond acceptors (Lipinski definition) is 6. The monoisotopic (exact) mass is 326 g/mol. The lowest BCUT2D eigenvalue weighted by atomic mass is 9.99. The number of piperidine rings is 1. The van der Waals surface area contributed by atoms with E-state index >= 15 is 0 Å². The van der Waals surface area contributed by atoms with E-state index in [2.05, 4.69) is 21.4 Å². The van der Waals surface area contributed by atoms with Crippen LogP contribution in [-0.4, -0.2) is 50.5 Å². The molecule has 0 saturated carbocycles. The van der Waals surface area contributed by atoms with Crippen molar-refractivity contribution in [1.82, 2.24) is 24.9 Å². The summed E-state index contributed by atoms with van der Waals surface area (Å²) in [5.74, 6) is 0.566. The topological polar surface area (TPSA) is 96.9 Å². The number of nitrogens with zero attached hydrogens (tertiary/aromatic N) is 6. The second-order valence-electron chi connectivity index (χ2n) is 5.84. The summed E-state index contributed by atoms with van der Waals surface area (Å²) >= 11 is 0. The summed E-state index contributed by atoms with van der Waals surface area (Å²) in [6.45, 7) is 1.80. The van der Waals surface area contributed by atoms with Crippen molar-refractivity contribution in [3.8, 4) is 11.9 Å². The van der Waals surface area contributed by atoms with E-state index in [0.717, 1.165) is 12.8 Å². The molecule has 124 valence electrons. The molecular weight excluding hydrogens is 308 g/mol. The van der Waals surface area contributed by atoms with Gasteiger partial charge in [0.25, 0.3) is 5.91 Å². The molecule has 3 heterocycles. The molecule has 0 bridgehead atoms. The minimum Gasteiger partial charge on any atom is -0.477 e. The van der Waals surface area contributed by atoms with Crippen molar-refractivity contribution >= 4 is 5.91 Å². The van der Waals surface area contributed by atoms with Gasteiger partial charge < -0.3 is 9.64 Å². The normalized spacial score (nSPS) is 17.3. The van der Waals surface area contributed by atoms with Gasteiger partial charge in [-0.05, 0) is 18.9 Å². The summed E-state index contributed by atoms with van der Waals surface area (Å²) in [6.07, 6.45) is 5.09. The van der Waals surface area contributed by atoms with E-state index in [0.29, 0.717) is 36.8 Å². The molecule has 2 aromatic heterocycles. The van der Waals surface area contributed by atoms with Crippen LogP contribution in [0, 0.1) is 17.2 Å². The summed E-state index contributed by atoms with van der Waals surface area (Å²) in [5.41, 5.74) is 0.880. The lowest BCUT2D eigenvalue weighted by Gasteiger charge is -2.32. The smallest absolute Gasteiger partial charge is 0.276 e. The molecule has 1 saturated heterocycles. The zero-order valence-corrected chi connectivity index (χ0v) is 13.4. The van der Waals surface area contributed by atoms with Crippen molar-refractivity contribution in [3.05, 3.63) is 35.8 Å². The summed E-state index contributed by atoms with van der Waals surface area (Å²) in [5, 5.41) is 16.6. The highest BCUT2D eigenvalue weighted by molar-refractivity contribution is 5.92. The summed E-state index contributed by atoms with van der Waals surface area (Å²) in [4.78, 5) is 18.3. The van der Waals surface area contributed by atoms with E-state index in [1.807, 2.05) is 0 Å². The fourth-order valence-corrected chi connectivity index (χ4v) is 2.75. The highest BCUT2D eigenvalue weighted by Crippen LogP contribution is 2.19. The number of rotatable bonds is 4. The Morgan fingerprint density at radius 2 is 2.42 bits per heavy atom. The molecule has 8 heteroatoms. The van der Waals surface area contributed by atoms with Crippen LogP contribution in [0.3, 0.4) is 0 Å². The fraction of sp³-hybridized carbons (Fsp3) is 0.438. The number of aryl methyl sites for hydroxylation is 1. The number of nitriles is 1. The molecule has 8 nitrogen and oxygen atoms in total. The van der Waals surface area contributed by atoms with Crippen molar-refractivity contribution in [2.24, 2.45) is 13.0 Å². The summed E-state index contributed by atoms with van der Waals surface area (Å²) in [6, 6.07) is 5.31. The van der Waals surface area contributed by atoms with Crippen LogP contribution in [0.5, 0.6) is 5.88 Å². The van der Waals surface area contributed by atoms with E-state index in [9.17, 15) is 4.79 Å². The number of aromatic nitrogens is 4. The van der Waals surface area contributed by atoms with Gasteiger partial charge in [0.1, 0.15) is 0 Å². The van der Waals surface area contributed by atoms with Crippen LogP contribution in [0.1, 0.15) is 28.9 Å². The Morgan fingerprint density at radius 3 is 3.17 bits per heavy atom. The quantitative estimate of drug-likeness (QED) is 0.832. The van der Waals surface area contributed by atoms with Crippen molar-refractivity contribution in [3.63, 3.8) is 0 Å². The van der Waals surface area contributed by atoms with E-state index in [1.54, 1.807) is 36.5 Å². The average Bonchev–Trinajstić information content (AvgIpc) is 3.06. The Balaban J connectivity index is 1.57. The zero-order valence-electron chi connectivity index (χ0n) is 13.4. The molecule has 24 heavy (non-hydrogen) atoms. The molecular formula is C16H18N6O2. The number of likely N-dealkylation sites (tertiary alicyclic amines) is 1. The second-order valence-corrected chi connectivity index (χ2v) is 5.84. The van der Waals surface area contributed by atoms with Crippen molar-refractivity contribution in [1.29, 1.82) is 5.26 Å². The van der Waals surface area contributed by atoms with Crippen LogP contribution in [-0.2, 0) is 7.05 Å². The Labute approximate surface area is 139 Å². The van der Waals surface area contributed by atoms with E-state index in [1.165, 1.54) is 4.68 Å². The molecule has 0 spiro atoms. The SMILES string of the molecule is Cn1cc(C(=O)N2CCCC(COc3cc(C#N)ccn3)C2)nn1. The minimum absolute atomic E-state index is 0.0996. The van der Waals surface area contributed by atoms with E-state index in [-0.39, 0.29) is 11.8 Å². The molecule has 0 aromatic carbocycles. The van der Waals surface area contributed by atoms with Gasteiger partial charge in [0.05, 0.1) is 24.4 Å². The number of hydrogen-bond donors (Lipinski definition) is 0.